The van der Waals surface area contributed by atoms with Gasteiger partial charge < -0.3 is 10.2 Å². The SMILES string of the molecule is CN(CCCCc1ccc2c(c1)S(=O)C=N2)CCNC1CC1. The van der Waals surface area contributed by atoms with Crippen LogP contribution in [0.3, 0.4) is 0 Å². The van der Waals surface area contributed by atoms with Gasteiger partial charge in [0.2, 0.25) is 0 Å². The van der Waals surface area contributed by atoms with Gasteiger partial charge in [-0.25, -0.2) is 9.20 Å². The number of nitrogens with zero attached hydrogens (tertiary/aromatic N) is 2. The Balaban J connectivity index is 1.33. The van der Waals surface area contributed by atoms with Gasteiger partial charge in [0.15, 0.2) is 0 Å². The number of benzene rings is 1. The molecule has 3 rings (SSSR count). The van der Waals surface area contributed by atoms with E-state index < -0.39 is 10.8 Å². The van der Waals surface area contributed by atoms with Crippen LogP contribution in [0.5, 0.6) is 0 Å². The van der Waals surface area contributed by atoms with E-state index in [1.165, 1.54) is 36.8 Å². The van der Waals surface area contributed by atoms with Gasteiger partial charge in [-0.2, -0.15) is 0 Å². The standard InChI is InChI=1S/C17H25N3OS/c1-20(11-9-18-15-6-7-15)10-3-2-4-14-5-8-16-17(12-14)22(21)13-19-16/h5,8,12-13,15,18H,2-4,6-7,9-11H2,1H3. The molecule has 22 heavy (non-hydrogen) atoms. The highest BCUT2D eigenvalue weighted by Crippen LogP contribution is 2.28. The lowest BCUT2D eigenvalue weighted by Gasteiger charge is -2.16. The normalized spacial score (nSPS) is 19.8. The van der Waals surface area contributed by atoms with Crippen LogP contribution in [0.15, 0.2) is 28.1 Å². The van der Waals surface area contributed by atoms with Gasteiger partial charge in [0.05, 0.1) is 26.9 Å². The van der Waals surface area contributed by atoms with Crippen molar-refractivity contribution in [2.45, 2.75) is 43.0 Å². The number of aryl methyl sites for hydroxylation is 1. The van der Waals surface area contributed by atoms with Crippen LogP contribution in [-0.2, 0) is 17.2 Å². The fraction of sp³-hybridized carbons (Fsp3) is 0.588. The topological polar surface area (TPSA) is 44.7 Å². The van der Waals surface area contributed by atoms with E-state index in [-0.39, 0.29) is 0 Å². The lowest BCUT2D eigenvalue weighted by atomic mass is 10.1. The molecule has 4 nitrogen and oxygen atoms in total. The molecule has 1 aromatic rings. The van der Waals surface area contributed by atoms with Crippen molar-refractivity contribution in [2.24, 2.45) is 4.99 Å². The summed E-state index contributed by atoms with van der Waals surface area (Å²) >= 11 is 0. The quantitative estimate of drug-likeness (QED) is 0.711. The van der Waals surface area contributed by atoms with Crippen LogP contribution >= 0.6 is 0 Å². The molecular formula is C17H25N3OS. The van der Waals surface area contributed by atoms with Gasteiger partial charge in [-0.05, 0) is 63.4 Å². The molecular weight excluding hydrogens is 294 g/mol. The first-order chi connectivity index (χ1) is 10.7. The fourth-order valence-corrected chi connectivity index (χ4v) is 3.63. The second-order valence-electron chi connectivity index (χ2n) is 6.32. The zero-order valence-electron chi connectivity index (χ0n) is 13.3. The Bertz CT molecular complexity index is 569. The summed E-state index contributed by atoms with van der Waals surface area (Å²) in [6.07, 6.45) is 6.16. The first kappa shape index (κ1) is 15.8. The van der Waals surface area contributed by atoms with Crippen molar-refractivity contribution >= 4 is 22.0 Å². The lowest BCUT2D eigenvalue weighted by Crippen LogP contribution is -2.30. The van der Waals surface area contributed by atoms with E-state index in [1.807, 2.05) is 6.07 Å². The summed E-state index contributed by atoms with van der Waals surface area (Å²) in [4.78, 5) is 7.43. The molecule has 2 aliphatic rings. The van der Waals surface area contributed by atoms with Crippen molar-refractivity contribution in [3.05, 3.63) is 23.8 Å². The maximum atomic E-state index is 11.7. The average Bonchev–Trinajstić information content (AvgIpc) is 3.27. The molecule has 0 saturated heterocycles. The average molecular weight is 319 g/mol. The molecule has 0 spiro atoms. The first-order valence-corrected chi connectivity index (χ1v) is 9.43. The largest absolute Gasteiger partial charge is 0.313 e. The van der Waals surface area contributed by atoms with Gasteiger partial charge in [-0.1, -0.05) is 6.07 Å². The maximum Gasteiger partial charge on any atom is 0.0984 e. The molecule has 0 amide bonds. The zero-order chi connectivity index (χ0) is 15.4. The van der Waals surface area contributed by atoms with Crippen LogP contribution in [0.25, 0.3) is 0 Å². The van der Waals surface area contributed by atoms with Crippen LogP contribution < -0.4 is 5.32 Å². The van der Waals surface area contributed by atoms with Crippen LogP contribution in [0, 0.1) is 0 Å². The van der Waals surface area contributed by atoms with Crippen molar-refractivity contribution in [1.29, 1.82) is 0 Å². The molecule has 120 valence electrons. The molecule has 5 heteroatoms. The molecule has 1 heterocycles. The molecule has 0 radical (unpaired) electrons. The molecule has 1 unspecified atom stereocenters. The number of unbranched alkanes of at least 4 members (excludes halogenated alkanes) is 1. The van der Waals surface area contributed by atoms with E-state index in [9.17, 15) is 4.21 Å². The van der Waals surface area contributed by atoms with Gasteiger partial charge in [0, 0.05) is 19.1 Å². The highest BCUT2D eigenvalue weighted by atomic mass is 32.2. The van der Waals surface area contributed by atoms with E-state index in [1.54, 1.807) is 0 Å². The molecule has 0 bridgehead atoms. The van der Waals surface area contributed by atoms with Gasteiger partial charge in [-0.3, -0.25) is 0 Å². The Kier molecular flexibility index (Phi) is 5.39. The van der Waals surface area contributed by atoms with Crippen LogP contribution in [0.2, 0.25) is 0 Å². The minimum Gasteiger partial charge on any atom is -0.313 e. The van der Waals surface area contributed by atoms with Gasteiger partial charge in [-0.15, -0.1) is 0 Å². The molecule has 1 aromatic carbocycles. The molecule has 1 N–H and O–H groups in total. The third-order valence-electron chi connectivity index (χ3n) is 4.29. The molecule has 1 saturated carbocycles. The third-order valence-corrected chi connectivity index (χ3v) is 5.35. The van der Waals surface area contributed by atoms with E-state index in [0.717, 1.165) is 42.7 Å². The molecule has 1 aliphatic heterocycles. The Hall–Kier alpha value is -1.04. The van der Waals surface area contributed by atoms with Gasteiger partial charge >= 0.3 is 0 Å². The van der Waals surface area contributed by atoms with E-state index in [4.69, 9.17) is 0 Å². The predicted octanol–water partition coefficient (Wildman–Crippen LogP) is 2.47. The second kappa shape index (κ2) is 7.49. The van der Waals surface area contributed by atoms with Crippen LogP contribution in [0.1, 0.15) is 31.2 Å². The first-order valence-electron chi connectivity index (χ1n) is 8.22. The van der Waals surface area contributed by atoms with Crippen molar-refractivity contribution in [3.8, 4) is 0 Å². The summed E-state index contributed by atoms with van der Waals surface area (Å²) in [5, 5.41) is 3.55. The Labute approximate surface area is 135 Å². The minimum absolute atomic E-state index is 0.808. The molecule has 1 fully saturated rings. The second-order valence-corrected chi connectivity index (χ2v) is 7.57. The highest BCUT2D eigenvalue weighted by Gasteiger charge is 2.19. The van der Waals surface area contributed by atoms with Gasteiger partial charge in [0.1, 0.15) is 0 Å². The number of likely N-dealkylation sites (N-methyl/N-ethyl adjacent to an activating group) is 1. The van der Waals surface area contributed by atoms with Crippen LogP contribution in [-0.4, -0.2) is 47.4 Å². The highest BCUT2D eigenvalue weighted by molar-refractivity contribution is 7.99. The zero-order valence-corrected chi connectivity index (χ0v) is 14.1. The van der Waals surface area contributed by atoms with E-state index in [2.05, 4.69) is 34.4 Å². The van der Waals surface area contributed by atoms with Gasteiger partial charge in [0.25, 0.3) is 0 Å². The number of nitrogens with one attached hydrogen (secondary N) is 1. The van der Waals surface area contributed by atoms with Crippen molar-refractivity contribution in [2.75, 3.05) is 26.7 Å². The number of hydrogen-bond acceptors (Lipinski definition) is 4. The van der Waals surface area contributed by atoms with E-state index in [0.29, 0.717) is 0 Å². The summed E-state index contributed by atoms with van der Waals surface area (Å²) in [7, 11) is 1.17. The predicted molar refractivity (Wildman–Crippen MR) is 92.5 cm³/mol. The monoisotopic (exact) mass is 319 g/mol. The van der Waals surface area contributed by atoms with Crippen LogP contribution in [0.4, 0.5) is 5.69 Å². The summed E-state index contributed by atoms with van der Waals surface area (Å²) in [5.41, 5.74) is 3.67. The van der Waals surface area contributed by atoms with E-state index >= 15 is 0 Å². The molecule has 0 aromatic heterocycles. The molecule has 1 aliphatic carbocycles. The number of fused-ring (bicyclic) bond motifs is 1. The molecule has 1 atom stereocenters. The summed E-state index contributed by atoms with van der Waals surface area (Å²) in [6.45, 7) is 3.38. The van der Waals surface area contributed by atoms with Crippen molar-refractivity contribution in [1.82, 2.24) is 10.2 Å². The Morgan fingerprint density at radius 3 is 3.00 bits per heavy atom. The lowest BCUT2D eigenvalue weighted by molar-refractivity contribution is 0.323. The number of aliphatic imine (C=N–C) groups is 1. The number of hydrogen-bond donors (Lipinski definition) is 1. The number of rotatable bonds is 9. The Morgan fingerprint density at radius 1 is 1.32 bits per heavy atom. The summed E-state index contributed by atoms with van der Waals surface area (Å²) in [6, 6.07) is 6.97. The fourth-order valence-electron chi connectivity index (χ4n) is 2.71. The smallest absolute Gasteiger partial charge is 0.0984 e. The Morgan fingerprint density at radius 2 is 2.18 bits per heavy atom. The third kappa shape index (κ3) is 4.48. The van der Waals surface area contributed by atoms with Crippen molar-refractivity contribution in [3.63, 3.8) is 0 Å². The van der Waals surface area contributed by atoms with Crippen molar-refractivity contribution < 1.29 is 4.21 Å². The summed E-state index contributed by atoms with van der Waals surface area (Å²) in [5.74, 6) is 0. The maximum absolute atomic E-state index is 11.7. The summed E-state index contributed by atoms with van der Waals surface area (Å²) < 4.78 is 11.7. The minimum atomic E-state index is -1.03.